The lowest BCUT2D eigenvalue weighted by Crippen LogP contribution is -2.12. The maximum atomic E-state index is 2.40. The van der Waals surface area contributed by atoms with E-state index in [1.807, 2.05) is 0 Å². The number of anilines is 6. The number of hydrogen-bond acceptors (Lipinski definition) is 2. The average Bonchev–Trinajstić information content (AvgIpc) is 3.49. The maximum absolute atomic E-state index is 2.40. The van der Waals surface area contributed by atoms with Gasteiger partial charge in [-0.15, -0.1) is 0 Å². The van der Waals surface area contributed by atoms with Gasteiger partial charge in [-0.2, -0.15) is 0 Å². The predicted octanol–water partition coefficient (Wildman–Crippen LogP) is 20.3. The van der Waals surface area contributed by atoms with Crippen molar-refractivity contribution in [2.45, 2.75) is 0 Å². The van der Waals surface area contributed by atoms with Crippen LogP contribution in [0.2, 0.25) is 0 Å². The van der Waals surface area contributed by atoms with Gasteiger partial charge in [0.2, 0.25) is 0 Å². The van der Waals surface area contributed by atoms with Crippen LogP contribution in [0.4, 0.5) is 34.1 Å². The summed E-state index contributed by atoms with van der Waals surface area (Å²) in [5, 5.41) is 0. The van der Waals surface area contributed by atoms with Gasteiger partial charge in [0, 0.05) is 33.8 Å². The van der Waals surface area contributed by atoms with Crippen LogP contribution < -0.4 is 9.80 Å². The zero-order valence-corrected chi connectivity index (χ0v) is 41.1. The summed E-state index contributed by atoms with van der Waals surface area (Å²) < 4.78 is 0. The fraction of sp³-hybridized carbons (Fsp3) is 0. The standard InChI is InChI=1S/2C36H27N/c1-4-15-28(16-5-1)31-21-14-22-32(27-31)37(35-25-12-10-23-33(35)29-17-6-2-7-18-29)36-26-13-11-24-34(36)30-19-8-3-9-20-30;1-4-14-28(15-5-1)31-20-12-22-33(26-31)37(34-23-13-21-32(27-34)29-16-6-2-7-17-29)36-25-11-10-24-35(36)30-18-8-3-9-19-30/h2*1-27H. The predicted molar refractivity (Wildman–Crippen MR) is 315 cm³/mol. The lowest BCUT2D eigenvalue weighted by atomic mass is 9.98. The van der Waals surface area contributed by atoms with E-state index in [9.17, 15) is 0 Å². The molecule has 0 N–H and O–H groups in total. The van der Waals surface area contributed by atoms with Gasteiger partial charge in [-0.25, -0.2) is 0 Å². The highest BCUT2D eigenvalue weighted by Crippen LogP contribution is 2.46. The number of rotatable bonds is 12. The van der Waals surface area contributed by atoms with Crippen molar-refractivity contribution in [3.8, 4) is 66.8 Å². The van der Waals surface area contributed by atoms with Gasteiger partial charge in [-0.05, 0) is 105 Å². The Morgan fingerprint density at radius 2 is 0.365 bits per heavy atom. The highest BCUT2D eigenvalue weighted by atomic mass is 15.2. The molecule has 0 heterocycles. The molecule has 0 atom stereocenters. The zero-order chi connectivity index (χ0) is 49.7. The molecule has 12 aromatic carbocycles. The molecular formula is C72H54N2. The van der Waals surface area contributed by atoms with E-state index in [0.29, 0.717) is 0 Å². The summed E-state index contributed by atoms with van der Waals surface area (Å²) in [5.74, 6) is 0. The summed E-state index contributed by atoms with van der Waals surface area (Å²) in [4.78, 5) is 4.78. The molecule has 0 saturated carbocycles. The van der Waals surface area contributed by atoms with Gasteiger partial charge in [-0.1, -0.05) is 273 Å². The maximum Gasteiger partial charge on any atom is 0.0540 e. The van der Waals surface area contributed by atoms with Gasteiger partial charge in [0.25, 0.3) is 0 Å². The van der Waals surface area contributed by atoms with Crippen LogP contribution in [0.1, 0.15) is 0 Å². The summed E-state index contributed by atoms with van der Waals surface area (Å²) in [5.41, 5.74) is 21.1. The van der Waals surface area contributed by atoms with Gasteiger partial charge in [0.05, 0.1) is 17.1 Å². The summed E-state index contributed by atoms with van der Waals surface area (Å²) >= 11 is 0. The van der Waals surface area contributed by atoms with Gasteiger partial charge in [0.1, 0.15) is 0 Å². The van der Waals surface area contributed by atoms with E-state index < -0.39 is 0 Å². The third-order valence-electron chi connectivity index (χ3n) is 13.3. The lowest BCUT2D eigenvalue weighted by Gasteiger charge is -2.30. The molecule has 0 saturated heterocycles. The quantitative estimate of drug-likeness (QED) is 0.120. The highest BCUT2D eigenvalue weighted by Gasteiger charge is 2.21. The number of benzene rings is 12. The first-order valence-electron chi connectivity index (χ1n) is 25.3. The molecule has 2 heteroatoms. The van der Waals surface area contributed by atoms with Crippen LogP contribution in [0.5, 0.6) is 0 Å². The smallest absolute Gasteiger partial charge is 0.0540 e. The van der Waals surface area contributed by atoms with Crippen LogP contribution in [0, 0.1) is 0 Å². The Morgan fingerprint density at radius 3 is 0.662 bits per heavy atom. The third-order valence-corrected chi connectivity index (χ3v) is 13.3. The van der Waals surface area contributed by atoms with Crippen LogP contribution in [-0.4, -0.2) is 0 Å². The van der Waals surface area contributed by atoms with Gasteiger partial charge < -0.3 is 9.80 Å². The Bertz CT molecular complexity index is 3540. The molecule has 0 aromatic heterocycles. The van der Waals surface area contributed by atoms with Crippen molar-refractivity contribution in [1.82, 2.24) is 0 Å². The molecule has 0 fully saturated rings. The number of nitrogens with zero attached hydrogens (tertiary/aromatic N) is 2. The van der Waals surface area contributed by atoms with Crippen LogP contribution in [0.25, 0.3) is 66.8 Å². The van der Waals surface area contributed by atoms with Crippen molar-refractivity contribution < 1.29 is 0 Å². The molecule has 2 nitrogen and oxygen atoms in total. The number of para-hydroxylation sites is 3. The van der Waals surface area contributed by atoms with E-state index in [2.05, 4.69) is 337 Å². The summed E-state index contributed by atoms with van der Waals surface area (Å²) in [6, 6.07) is 116. The van der Waals surface area contributed by atoms with E-state index >= 15 is 0 Å². The Kier molecular flexibility index (Phi) is 14.2. The van der Waals surface area contributed by atoms with E-state index in [1.54, 1.807) is 0 Å². The Balaban J connectivity index is 0.000000159. The minimum Gasteiger partial charge on any atom is -0.310 e. The molecule has 12 aromatic rings. The van der Waals surface area contributed by atoms with E-state index in [4.69, 9.17) is 0 Å². The normalized spacial score (nSPS) is 10.7. The topological polar surface area (TPSA) is 6.48 Å². The first-order chi connectivity index (χ1) is 36.7. The molecular weight excluding hydrogens is 893 g/mol. The van der Waals surface area contributed by atoms with Gasteiger partial charge in [-0.3, -0.25) is 0 Å². The van der Waals surface area contributed by atoms with E-state index in [0.717, 1.165) is 34.1 Å². The summed E-state index contributed by atoms with van der Waals surface area (Å²) in [6.45, 7) is 0. The summed E-state index contributed by atoms with van der Waals surface area (Å²) in [7, 11) is 0. The highest BCUT2D eigenvalue weighted by molar-refractivity contribution is 5.94. The second-order valence-corrected chi connectivity index (χ2v) is 18.1. The molecule has 12 rings (SSSR count). The molecule has 74 heavy (non-hydrogen) atoms. The second-order valence-electron chi connectivity index (χ2n) is 18.1. The molecule has 0 aliphatic heterocycles. The van der Waals surface area contributed by atoms with Crippen LogP contribution in [-0.2, 0) is 0 Å². The fourth-order valence-corrected chi connectivity index (χ4v) is 9.79. The first kappa shape index (κ1) is 46.6. The molecule has 0 spiro atoms. The van der Waals surface area contributed by atoms with Gasteiger partial charge >= 0.3 is 0 Å². The minimum absolute atomic E-state index is 1.12. The lowest BCUT2D eigenvalue weighted by molar-refractivity contribution is 1.28. The van der Waals surface area contributed by atoms with Crippen molar-refractivity contribution in [2.24, 2.45) is 0 Å². The average molecular weight is 947 g/mol. The van der Waals surface area contributed by atoms with Crippen LogP contribution >= 0.6 is 0 Å². The van der Waals surface area contributed by atoms with Crippen LogP contribution in [0.15, 0.2) is 328 Å². The van der Waals surface area contributed by atoms with Crippen molar-refractivity contribution in [3.63, 3.8) is 0 Å². The Morgan fingerprint density at radius 1 is 0.149 bits per heavy atom. The fourth-order valence-electron chi connectivity index (χ4n) is 9.79. The molecule has 0 aliphatic rings. The molecule has 0 unspecified atom stereocenters. The van der Waals surface area contributed by atoms with Crippen molar-refractivity contribution in [1.29, 1.82) is 0 Å². The van der Waals surface area contributed by atoms with Crippen molar-refractivity contribution in [2.75, 3.05) is 9.80 Å². The minimum atomic E-state index is 1.12. The van der Waals surface area contributed by atoms with Crippen molar-refractivity contribution in [3.05, 3.63) is 328 Å². The SMILES string of the molecule is c1ccc(-c2cccc(N(c3cccc(-c4ccccc4)c3)c3ccccc3-c3ccccc3)c2)cc1.c1ccc(-c2cccc(N(c3ccccc3-c3ccccc3)c3ccccc3-c3ccccc3)c2)cc1. The molecule has 0 radical (unpaired) electrons. The van der Waals surface area contributed by atoms with E-state index in [-0.39, 0.29) is 0 Å². The molecule has 352 valence electrons. The number of hydrogen-bond donors (Lipinski definition) is 0. The molecule has 0 aliphatic carbocycles. The van der Waals surface area contributed by atoms with Gasteiger partial charge in [0.15, 0.2) is 0 Å². The second kappa shape index (κ2) is 22.5. The molecule has 0 amide bonds. The Hall–Kier alpha value is -9.76. The van der Waals surface area contributed by atoms with E-state index in [1.165, 1.54) is 66.8 Å². The first-order valence-corrected chi connectivity index (χ1v) is 25.3. The zero-order valence-electron chi connectivity index (χ0n) is 41.1. The largest absolute Gasteiger partial charge is 0.310 e. The third kappa shape index (κ3) is 10.5. The van der Waals surface area contributed by atoms with Crippen molar-refractivity contribution >= 4 is 34.1 Å². The summed E-state index contributed by atoms with van der Waals surface area (Å²) in [6.07, 6.45) is 0. The molecule has 0 bridgehead atoms. The monoisotopic (exact) mass is 946 g/mol. The van der Waals surface area contributed by atoms with Crippen LogP contribution in [0.3, 0.4) is 0 Å². The Labute approximate surface area is 436 Å².